The van der Waals surface area contributed by atoms with Gasteiger partial charge >= 0.3 is 5.97 Å². The molecule has 1 atom stereocenters. The van der Waals surface area contributed by atoms with Gasteiger partial charge in [0.2, 0.25) is 0 Å². The fraction of sp³-hybridized carbons (Fsp3) is 0.364. The van der Waals surface area contributed by atoms with Crippen LogP contribution in [0, 0.1) is 12.8 Å². The normalized spacial score (nSPS) is 12.3. The van der Waals surface area contributed by atoms with E-state index in [0.29, 0.717) is 22.3 Å². The number of hydrogen-bond acceptors (Lipinski definition) is 4. The summed E-state index contributed by atoms with van der Waals surface area (Å²) in [6.45, 7) is 8.12. The van der Waals surface area contributed by atoms with E-state index < -0.39 is 5.97 Å². The fourth-order valence-electron chi connectivity index (χ4n) is 3.31. The summed E-state index contributed by atoms with van der Waals surface area (Å²) in [4.78, 5) is 28.6. The number of carbonyl (C=O) groups is 2. The molecule has 29 heavy (non-hydrogen) atoms. The summed E-state index contributed by atoms with van der Waals surface area (Å²) in [5.74, 6) is -1.30. The minimum atomic E-state index is -0.877. The van der Waals surface area contributed by atoms with Crippen molar-refractivity contribution in [3.8, 4) is 11.3 Å². The summed E-state index contributed by atoms with van der Waals surface area (Å²) in [6, 6.07) is 9.78. The van der Waals surface area contributed by atoms with E-state index in [2.05, 4.69) is 10.4 Å². The molecule has 0 saturated heterocycles. The van der Waals surface area contributed by atoms with Crippen molar-refractivity contribution in [2.24, 2.45) is 5.92 Å². The second-order valence-electron chi connectivity index (χ2n) is 7.70. The Bertz CT molecular complexity index is 1060. The smallest absolute Gasteiger partial charge is 0.303 e. The summed E-state index contributed by atoms with van der Waals surface area (Å²) in [6.07, 6.45) is 1.67. The number of amides is 1. The number of carboxylic acids is 1. The van der Waals surface area contributed by atoms with Gasteiger partial charge in [-0.05, 0) is 38.3 Å². The van der Waals surface area contributed by atoms with Crippen LogP contribution in [0.1, 0.15) is 49.2 Å². The van der Waals surface area contributed by atoms with Gasteiger partial charge in [0.15, 0.2) is 5.65 Å². The van der Waals surface area contributed by atoms with Gasteiger partial charge in [-0.3, -0.25) is 9.59 Å². The third-order valence-electron chi connectivity index (χ3n) is 4.86. The van der Waals surface area contributed by atoms with Crippen molar-refractivity contribution in [3.63, 3.8) is 0 Å². The number of fused-ring (bicyclic) bond motifs is 1. The van der Waals surface area contributed by atoms with E-state index in [4.69, 9.17) is 10.1 Å². The lowest BCUT2D eigenvalue weighted by atomic mass is 10.0. The molecule has 2 heterocycles. The summed E-state index contributed by atoms with van der Waals surface area (Å²) < 4.78 is 1.81. The van der Waals surface area contributed by atoms with Crippen molar-refractivity contribution >= 4 is 22.9 Å². The second kappa shape index (κ2) is 8.43. The van der Waals surface area contributed by atoms with E-state index in [9.17, 15) is 9.59 Å². The Morgan fingerprint density at radius 1 is 1.21 bits per heavy atom. The minimum Gasteiger partial charge on any atom is -0.481 e. The Hall–Kier alpha value is -3.22. The van der Waals surface area contributed by atoms with Gasteiger partial charge in [0.1, 0.15) is 0 Å². The number of pyridine rings is 1. The predicted molar refractivity (Wildman–Crippen MR) is 112 cm³/mol. The number of hydrogen-bond donors (Lipinski definition) is 2. The molecule has 0 fully saturated rings. The lowest BCUT2D eigenvalue weighted by Crippen LogP contribution is -2.29. The average Bonchev–Trinajstić information content (AvgIpc) is 3.09. The maximum atomic E-state index is 13.0. The van der Waals surface area contributed by atoms with E-state index in [1.807, 2.05) is 45.0 Å². The summed E-state index contributed by atoms with van der Waals surface area (Å²) in [5.41, 5.74) is 3.88. The quantitative estimate of drug-likeness (QED) is 0.635. The van der Waals surface area contributed by atoms with Crippen molar-refractivity contribution < 1.29 is 14.7 Å². The van der Waals surface area contributed by atoms with E-state index in [0.717, 1.165) is 11.1 Å². The van der Waals surface area contributed by atoms with Crippen LogP contribution in [0.4, 0.5) is 0 Å². The van der Waals surface area contributed by atoms with Gasteiger partial charge in [0.05, 0.1) is 22.8 Å². The Balaban J connectivity index is 2.04. The molecule has 0 aliphatic heterocycles. The highest BCUT2D eigenvalue weighted by Crippen LogP contribution is 2.28. The zero-order chi connectivity index (χ0) is 21.1. The van der Waals surface area contributed by atoms with Crippen LogP contribution in [-0.4, -0.2) is 38.3 Å². The lowest BCUT2D eigenvalue weighted by Gasteiger charge is -2.13. The van der Waals surface area contributed by atoms with E-state index >= 15 is 0 Å². The molecule has 3 aromatic rings. The van der Waals surface area contributed by atoms with Gasteiger partial charge in [-0.25, -0.2) is 9.67 Å². The van der Waals surface area contributed by atoms with Crippen LogP contribution < -0.4 is 5.32 Å². The first-order valence-corrected chi connectivity index (χ1v) is 9.72. The number of aromatic nitrogens is 3. The third kappa shape index (κ3) is 4.45. The molecule has 1 amide bonds. The molecule has 0 radical (unpaired) electrons. The van der Waals surface area contributed by atoms with Gasteiger partial charge < -0.3 is 10.4 Å². The van der Waals surface area contributed by atoms with E-state index in [1.165, 1.54) is 0 Å². The molecule has 0 bridgehead atoms. The van der Waals surface area contributed by atoms with Crippen LogP contribution >= 0.6 is 0 Å². The van der Waals surface area contributed by atoms with Crippen LogP contribution in [0.15, 0.2) is 36.5 Å². The standard InChI is InChI=1S/C22H26N4O3/c1-13(2)26-21-18(12-24-26)17(22(29)23-11-14(3)9-20(27)28)10-19(25-21)16-8-6-5-7-15(16)4/h5-8,10,12-14H,9,11H2,1-4H3,(H,23,29)(H,27,28). The Kier molecular flexibility index (Phi) is 5.96. The molecule has 1 aromatic carbocycles. The molecular weight excluding hydrogens is 368 g/mol. The predicted octanol–water partition coefficient (Wildman–Crippen LogP) is 3.83. The van der Waals surface area contributed by atoms with Crippen LogP contribution in [0.3, 0.4) is 0 Å². The first-order chi connectivity index (χ1) is 13.8. The SMILES string of the molecule is Cc1ccccc1-c1cc(C(=O)NCC(C)CC(=O)O)c2cnn(C(C)C)c2n1. The van der Waals surface area contributed by atoms with Crippen LogP contribution in [0.5, 0.6) is 0 Å². The number of nitrogens with one attached hydrogen (secondary N) is 1. The molecule has 2 aromatic heterocycles. The number of aliphatic carboxylic acids is 1. The number of nitrogens with zero attached hydrogens (tertiary/aromatic N) is 3. The number of benzene rings is 1. The average molecular weight is 394 g/mol. The first kappa shape index (κ1) is 20.5. The molecule has 0 aliphatic carbocycles. The first-order valence-electron chi connectivity index (χ1n) is 9.72. The van der Waals surface area contributed by atoms with Gasteiger partial charge in [-0.2, -0.15) is 5.10 Å². The molecule has 7 nitrogen and oxygen atoms in total. The van der Waals surface area contributed by atoms with Gasteiger partial charge in [0.25, 0.3) is 5.91 Å². The largest absolute Gasteiger partial charge is 0.481 e. The number of carbonyl (C=O) groups excluding carboxylic acids is 1. The van der Waals surface area contributed by atoms with Crippen LogP contribution in [0.2, 0.25) is 0 Å². The van der Waals surface area contributed by atoms with Gasteiger partial charge in [0, 0.05) is 24.6 Å². The van der Waals surface area contributed by atoms with Crippen molar-refractivity contribution in [2.45, 2.75) is 40.2 Å². The van der Waals surface area contributed by atoms with E-state index in [-0.39, 0.29) is 30.8 Å². The number of carboxylic acid groups (broad SMARTS) is 1. The highest BCUT2D eigenvalue weighted by Gasteiger charge is 2.19. The van der Waals surface area contributed by atoms with Crippen LogP contribution in [-0.2, 0) is 4.79 Å². The van der Waals surface area contributed by atoms with Gasteiger partial charge in [-0.1, -0.05) is 31.2 Å². The van der Waals surface area contributed by atoms with Crippen molar-refractivity contribution in [3.05, 3.63) is 47.7 Å². The zero-order valence-electron chi connectivity index (χ0n) is 17.1. The Morgan fingerprint density at radius 2 is 1.93 bits per heavy atom. The molecular formula is C22H26N4O3. The molecule has 1 unspecified atom stereocenters. The third-order valence-corrected chi connectivity index (χ3v) is 4.86. The van der Waals surface area contributed by atoms with Crippen molar-refractivity contribution in [1.82, 2.24) is 20.1 Å². The topological polar surface area (TPSA) is 97.1 Å². The number of aryl methyl sites for hydroxylation is 1. The second-order valence-corrected chi connectivity index (χ2v) is 7.70. The monoisotopic (exact) mass is 394 g/mol. The van der Waals surface area contributed by atoms with Gasteiger partial charge in [-0.15, -0.1) is 0 Å². The molecule has 0 aliphatic rings. The van der Waals surface area contributed by atoms with Crippen molar-refractivity contribution in [1.29, 1.82) is 0 Å². The fourth-order valence-corrected chi connectivity index (χ4v) is 3.31. The Labute approximate surface area is 169 Å². The minimum absolute atomic E-state index is 0.00573. The molecule has 0 spiro atoms. The summed E-state index contributed by atoms with van der Waals surface area (Å²) >= 11 is 0. The molecule has 0 saturated carbocycles. The van der Waals surface area contributed by atoms with Crippen molar-refractivity contribution in [2.75, 3.05) is 6.54 Å². The van der Waals surface area contributed by atoms with E-state index in [1.54, 1.807) is 23.9 Å². The lowest BCUT2D eigenvalue weighted by molar-refractivity contribution is -0.137. The summed E-state index contributed by atoms with van der Waals surface area (Å²) in [5, 5.41) is 16.9. The Morgan fingerprint density at radius 3 is 2.59 bits per heavy atom. The maximum Gasteiger partial charge on any atom is 0.303 e. The zero-order valence-corrected chi connectivity index (χ0v) is 17.1. The molecule has 7 heteroatoms. The number of rotatable bonds is 7. The molecule has 2 N–H and O–H groups in total. The molecule has 152 valence electrons. The summed E-state index contributed by atoms with van der Waals surface area (Å²) in [7, 11) is 0. The highest BCUT2D eigenvalue weighted by molar-refractivity contribution is 6.06. The van der Waals surface area contributed by atoms with Crippen LogP contribution in [0.25, 0.3) is 22.3 Å². The highest BCUT2D eigenvalue weighted by atomic mass is 16.4. The molecule has 3 rings (SSSR count). The maximum absolute atomic E-state index is 13.0.